The number of rotatable bonds is 1. The molecule has 106 valence electrons. The SMILES string of the molecule is Cc1cc(Cl)cc2nc(-c3ccc4c(c3)CNCC4)oc12. The van der Waals surface area contributed by atoms with E-state index >= 15 is 0 Å². The zero-order chi connectivity index (χ0) is 14.4. The first-order valence-corrected chi connectivity index (χ1v) is 7.48. The van der Waals surface area contributed by atoms with Crippen molar-refractivity contribution in [2.24, 2.45) is 0 Å². The van der Waals surface area contributed by atoms with Gasteiger partial charge in [0.05, 0.1) is 0 Å². The fourth-order valence-electron chi connectivity index (χ4n) is 2.89. The highest BCUT2D eigenvalue weighted by atomic mass is 35.5. The third-order valence-electron chi connectivity index (χ3n) is 3.98. The van der Waals surface area contributed by atoms with Gasteiger partial charge in [-0.1, -0.05) is 17.7 Å². The Morgan fingerprint density at radius 3 is 3.00 bits per heavy atom. The number of oxazole rings is 1. The molecule has 2 aromatic carbocycles. The molecule has 0 unspecified atom stereocenters. The van der Waals surface area contributed by atoms with E-state index in [2.05, 4.69) is 28.5 Å². The van der Waals surface area contributed by atoms with Gasteiger partial charge in [-0.25, -0.2) is 4.98 Å². The molecule has 0 aliphatic carbocycles. The summed E-state index contributed by atoms with van der Waals surface area (Å²) < 4.78 is 5.94. The van der Waals surface area contributed by atoms with Crippen molar-refractivity contribution in [1.29, 1.82) is 0 Å². The number of fused-ring (bicyclic) bond motifs is 2. The molecular weight excluding hydrogens is 284 g/mol. The molecule has 0 atom stereocenters. The average molecular weight is 299 g/mol. The van der Waals surface area contributed by atoms with Crippen molar-refractivity contribution < 1.29 is 4.42 Å². The number of benzene rings is 2. The van der Waals surface area contributed by atoms with Crippen LogP contribution in [-0.4, -0.2) is 11.5 Å². The van der Waals surface area contributed by atoms with Crippen molar-refractivity contribution in [3.63, 3.8) is 0 Å². The first-order chi connectivity index (χ1) is 10.2. The molecule has 4 heteroatoms. The van der Waals surface area contributed by atoms with Gasteiger partial charge in [0, 0.05) is 17.1 Å². The minimum absolute atomic E-state index is 0.656. The van der Waals surface area contributed by atoms with Crippen molar-refractivity contribution in [2.75, 3.05) is 6.54 Å². The fraction of sp³-hybridized carbons (Fsp3) is 0.235. The Kier molecular flexibility index (Phi) is 2.98. The Balaban J connectivity index is 1.84. The van der Waals surface area contributed by atoms with Crippen LogP contribution in [0.2, 0.25) is 5.02 Å². The Bertz CT molecular complexity index is 838. The van der Waals surface area contributed by atoms with E-state index in [4.69, 9.17) is 16.0 Å². The monoisotopic (exact) mass is 298 g/mol. The predicted octanol–water partition coefficient (Wildman–Crippen LogP) is 4.10. The number of nitrogens with one attached hydrogen (secondary N) is 1. The standard InChI is InChI=1S/C17H15ClN2O/c1-10-6-14(18)8-15-16(10)21-17(20-15)12-3-2-11-4-5-19-9-13(11)7-12/h2-3,6-8,19H,4-5,9H2,1H3. The highest BCUT2D eigenvalue weighted by Crippen LogP contribution is 2.30. The Hall–Kier alpha value is -1.84. The summed E-state index contributed by atoms with van der Waals surface area (Å²) in [4.78, 5) is 4.58. The lowest BCUT2D eigenvalue weighted by Crippen LogP contribution is -2.23. The summed E-state index contributed by atoms with van der Waals surface area (Å²) in [6, 6.07) is 10.2. The summed E-state index contributed by atoms with van der Waals surface area (Å²) in [7, 11) is 0. The van der Waals surface area contributed by atoms with E-state index in [9.17, 15) is 0 Å². The highest BCUT2D eigenvalue weighted by molar-refractivity contribution is 6.31. The molecule has 0 saturated heterocycles. The van der Waals surface area contributed by atoms with Gasteiger partial charge in [0.25, 0.3) is 0 Å². The second-order valence-corrected chi connectivity index (χ2v) is 5.94. The van der Waals surface area contributed by atoms with Gasteiger partial charge in [-0.3, -0.25) is 0 Å². The van der Waals surface area contributed by atoms with Gasteiger partial charge in [-0.15, -0.1) is 0 Å². The molecular formula is C17H15ClN2O. The van der Waals surface area contributed by atoms with Crippen LogP contribution in [0.1, 0.15) is 16.7 Å². The smallest absolute Gasteiger partial charge is 0.227 e. The lowest BCUT2D eigenvalue weighted by atomic mass is 9.98. The number of aromatic nitrogens is 1. The molecule has 1 aliphatic heterocycles. The lowest BCUT2D eigenvalue weighted by molar-refractivity contribution is 0.615. The van der Waals surface area contributed by atoms with Gasteiger partial charge >= 0.3 is 0 Å². The summed E-state index contributed by atoms with van der Waals surface area (Å²) in [6.45, 7) is 3.95. The van der Waals surface area contributed by atoms with Crippen molar-refractivity contribution in [2.45, 2.75) is 19.9 Å². The maximum atomic E-state index is 6.08. The van der Waals surface area contributed by atoms with Crippen LogP contribution < -0.4 is 5.32 Å². The minimum Gasteiger partial charge on any atom is -0.436 e. The molecule has 1 N–H and O–H groups in total. The summed E-state index contributed by atoms with van der Waals surface area (Å²) >= 11 is 6.08. The van der Waals surface area contributed by atoms with Gasteiger partial charge in [0.15, 0.2) is 5.58 Å². The van der Waals surface area contributed by atoms with E-state index in [1.165, 1.54) is 11.1 Å². The van der Waals surface area contributed by atoms with Crippen LogP contribution in [0.5, 0.6) is 0 Å². The molecule has 1 aliphatic rings. The third-order valence-corrected chi connectivity index (χ3v) is 4.20. The van der Waals surface area contributed by atoms with Gasteiger partial charge in [-0.05, 0) is 60.8 Å². The van der Waals surface area contributed by atoms with Crippen LogP contribution in [0.25, 0.3) is 22.6 Å². The number of hydrogen-bond acceptors (Lipinski definition) is 3. The molecule has 21 heavy (non-hydrogen) atoms. The summed E-state index contributed by atoms with van der Waals surface area (Å²) in [5.41, 5.74) is 6.39. The molecule has 1 aromatic heterocycles. The summed E-state index contributed by atoms with van der Waals surface area (Å²) in [5.74, 6) is 0.656. The van der Waals surface area contributed by atoms with Crippen LogP contribution in [0.15, 0.2) is 34.7 Å². The quantitative estimate of drug-likeness (QED) is 0.735. The van der Waals surface area contributed by atoms with Crippen molar-refractivity contribution in [3.8, 4) is 11.5 Å². The predicted molar refractivity (Wildman–Crippen MR) is 84.6 cm³/mol. The maximum absolute atomic E-state index is 6.08. The number of halogens is 1. The maximum Gasteiger partial charge on any atom is 0.227 e. The van der Waals surface area contributed by atoms with Crippen LogP contribution in [0, 0.1) is 6.92 Å². The van der Waals surface area contributed by atoms with E-state index in [0.717, 1.165) is 41.7 Å². The van der Waals surface area contributed by atoms with Gasteiger partial charge < -0.3 is 9.73 Å². The summed E-state index contributed by atoms with van der Waals surface area (Å²) in [6.07, 6.45) is 1.08. The summed E-state index contributed by atoms with van der Waals surface area (Å²) in [5, 5.41) is 4.08. The van der Waals surface area contributed by atoms with Crippen molar-refractivity contribution in [1.82, 2.24) is 10.3 Å². The zero-order valence-electron chi connectivity index (χ0n) is 11.7. The molecule has 4 rings (SSSR count). The molecule has 2 heterocycles. The van der Waals surface area contributed by atoms with Gasteiger partial charge in [-0.2, -0.15) is 0 Å². The van der Waals surface area contributed by atoms with Crippen molar-refractivity contribution >= 4 is 22.7 Å². The number of nitrogens with zero attached hydrogens (tertiary/aromatic N) is 1. The third kappa shape index (κ3) is 2.23. The van der Waals surface area contributed by atoms with E-state index in [0.29, 0.717) is 10.9 Å². The molecule has 0 fully saturated rings. The Morgan fingerprint density at radius 2 is 2.10 bits per heavy atom. The molecule has 0 saturated carbocycles. The highest BCUT2D eigenvalue weighted by Gasteiger charge is 2.14. The van der Waals surface area contributed by atoms with Crippen LogP contribution in [0.4, 0.5) is 0 Å². The van der Waals surface area contributed by atoms with E-state index in [-0.39, 0.29) is 0 Å². The van der Waals surface area contributed by atoms with Crippen LogP contribution >= 0.6 is 11.6 Å². The van der Waals surface area contributed by atoms with E-state index < -0.39 is 0 Å². The molecule has 3 aromatic rings. The number of aryl methyl sites for hydroxylation is 1. The fourth-order valence-corrected chi connectivity index (χ4v) is 3.16. The first-order valence-electron chi connectivity index (χ1n) is 7.10. The molecule has 0 bridgehead atoms. The molecule has 3 nitrogen and oxygen atoms in total. The Labute approximate surface area is 127 Å². The van der Waals surface area contributed by atoms with Gasteiger partial charge in [0.1, 0.15) is 5.52 Å². The van der Waals surface area contributed by atoms with Crippen molar-refractivity contribution in [3.05, 3.63) is 52.0 Å². The molecule has 0 radical (unpaired) electrons. The van der Waals surface area contributed by atoms with Gasteiger partial charge in [0.2, 0.25) is 5.89 Å². The Morgan fingerprint density at radius 1 is 1.19 bits per heavy atom. The van der Waals surface area contributed by atoms with Crippen LogP contribution in [-0.2, 0) is 13.0 Å². The number of hydrogen-bond donors (Lipinski definition) is 1. The lowest BCUT2D eigenvalue weighted by Gasteiger charge is -2.17. The zero-order valence-corrected chi connectivity index (χ0v) is 12.5. The molecule has 0 spiro atoms. The van der Waals surface area contributed by atoms with E-state index in [1.807, 2.05) is 19.1 Å². The van der Waals surface area contributed by atoms with Crippen LogP contribution in [0.3, 0.4) is 0 Å². The molecule has 0 amide bonds. The topological polar surface area (TPSA) is 38.1 Å². The minimum atomic E-state index is 0.656. The van der Waals surface area contributed by atoms with E-state index in [1.54, 1.807) is 0 Å². The average Bonchev–Trinajstić information content (AvgIpc) is 2.91. The first kappa shape index (κ1) is 12.9. The second kappa shape index (κ2) is 4.86. The normalized spacial score (nSPS) is 14.4. The largest absolute Gasteiger partial charge is 0.436 e. The second-order valence-electron chi connectivity index (χ2n) is 5.50.